The number of aromatic amines is 1. The standard InChI is InChI=1S/C16H19N3O/c1-5-12(9-17)16-18-11(3)15(19-16)13-8-10(2)6-7-14(13)20-4/h6-8,12H,5H2,1-4H3,(H,18,19). The molecule has 1 heterocycles. The van der Waals surface area contributed by atoms with Crippen LogP contribution in [0.5, 0.6) is 5.75 Å². The summed E-state index contributed by atoms with van der Waals surface area (Å²) in [5, 5.41) is 9.16. The maximum absolute atomic E-state index is 9.16. The minimum atomic E-state index is -0.196. The molecule has 0 fully saturated rings. The molecule has 0 radical (unpaired) electrons. The van der Waals surface area contributed by atoms with Crippen molar-refractivity contribution in [2.45, 2.75) is 33.1 Å². The Labute approximate surface area is 119 Å². The van der Waals surface area contributed by atoms with Crippen molar-refractivity contribution in [3.05, 3.63) is 35.3 Å². The highest BCUT2D eigenvalue weighted by molar-refractivity contribution is 5.70. The van der Waals surface area contributed by atoms with Crippen LogP contribution in [0.25, 0.3) is 11.3 Å². The number of rotatable bonds is 4. The third-order valence-electron chi connectivity index (χ3n) is 3.41. The third-order valence-corrected chi connectivity index (χ3v) is 3.41. The normalized spacial score (nSPS) is 11.9. The molecule has 0 spiro atoms. The van der Waals surface area contributed by atoms with E-state index in [0.717, 1.165) is 40.5 Å². The molecule has 20 heavy (non-hydrogen) atoms. The van der Waals surface area contributed by atoms with Crippen molar-refractivity contribution < 1.29 is 4.74 Å². The van der Waals surface area contributed by atoms with E-state index in [4.69, 9.17) is 10.00 Å². The van der Waals surface area contributed by atoms with Gasteiger partial charge in [-0.25, -0.2) is 4.98 Å². The van der Waals surface area contributed by atoms with Crippen LogP contribution in [0.4, 0.5) is 0 Å². The number of ether oxygens (including phenoxy) is 1. The molecule has 1 aromatic carbocycles. The molecule has 0 saturated carbocycles. The molecule has 104 valence electrons. The molecular formula is C16H19N3O. The summed E-state index contributed by atoms with van der Waals surface area (Å²) in [5.74, 6) is 1.33. The van der Waals surface area contributed by atoms with Crippen LogP contribution in [0.15, 0.2) is 18.2 Å². The molecular weight excluding hydrogens is 250 g/mol. The second-order valence-corrected chi connectivity index (χ2v) is 4.89. The van der Waals surface area contributed by atoms with Gasteiger partial charge < -0.3 is 9.72 Å². The van der Waals surface area contributed by atoms with Gasteiger partial charge in [-0.2, -0.15) is 5.26 Å². The predicted octanol–water partition coefficient (Wildman–Crippen LogP) is 3.72. The summed E-state index contributed by atoms with van der Waals surface area (Å²) in [5.41, 5.74) is 3.92. The van der Waals surface area contributed by atoms with Crippen molar-refractivity contribution in [3.63, 3.8) is 0 Å². The summed E-state index contributed by atoms with van der Waals surface area (Å²) in [7, 11) is 1.65. The fourth-order valence-electron chi connectivity index (χ4n) is 2.26. The minimum Gasteiger partial charge on any atom is -0.496 e. The van der Waals surface area contributed by atoms with Gasteiger partial charge in [-0.1, -0.05) is 18.6 Å². The van der Waals surface area contributed by atoms with Gasteiger partial charge in [0.15, 0.2) is 0 Å². The Morgan fingerprint density at radius 1 is 1.40 bits per heavy atom. The third kappa shape index (κ3) is 2.53. The number of hydrogen-bond donors (Lipinski definition) is 1. The molecule has 0 saturated heterocycles. The Hall–Kier alpha value is -2.28. The van der Waals surface area contributed by atoms with Crippen molar-refractivity contribution in [2.24, 2.45) is 0 Å². The van der Waals surface area contributed by atoms with E-state index in [2.05, 4.69) is 22.1 Å². The Morgan fingerprint density at radius 2 is 2.15 bits per heavy atom. The lowest BCUT2D eigenvalue weighted by Gasteiger charge is -2.08. The summed E-state index contributed by atoms with van der Waals surface area (Å²) >= 11 is 0. The molecule has 0 amide bonds. The molecule has 2 aromatic rings. The summed E-state index contributed by atoms with van der Waals surface area (Å²) < 4.78 is 5.41. The highest BCUT2D eigenvalue weighted by atomic mass is 16.5. The lowest BCUT2D eigenvalue weighted by atomic mass is 10.1. The fraction of sp³-hybridized carbons (Fsp3) is 0.375. The second kappa shape index (κ2) is 5.79. The highest BCUT2D eigenvalue weighted by Crippen LogP contribution is 2.32. The number of nitrogens with zero attached hydrogens (tertiary/aromatic N) is 2. The number of nitriles is 1. The number of hydrogen-bond acceptors (Lipinski definition) is 3. The van der Waals surface area contributed by atoms with Gasteiger partial charge in [0.25, 0.3) is 0 Å². The van der Waals surface area contributed by atoms with E-state index in [9.17, 15) is 0 Å². The van der Waals surface area contributed by atoms with Gasteiger partial charge in [0.1, 0.15) is 17.5 Å². The van der Waals surface area contributed by atoms with E-state index in [-0.39, 0.29) is 5.92 Å². The van der Waals surface area contributed by atoms with Gasteiger partial charge >= 0.3 is 0 Å². The zero-order valence-corrected chi connectivity index (χ0v) is 12.3. The van der Waals surface area contributed by atoms with Gasteiger partial charge in [-0.3, -0.25) is 0 Å². The number of imidazole rings is 1. The molecule has 0 bridgehead atoms. The molecule has 1 unspecified atom stereocenters. The molecule has 2 rings (SSSR count). The molecule has 1 atom stereocenters. The van der Waals surface area contributed by atoms with E-state index in [0.29, 0.717) is 0 Å². The van der Waals surface area contributed by atoms with E-state index in [1.165, 1.54) is 0 Å². The highest BCUT2D eigenvalue weighted by Gasteiger charge is 2.18. The lowest BCUT2D eigenvalue weighted by molar-refractivity contribution is 0.416. The van der Waals surface area contributed by atoms with Crippen LogP contribution in [0.3, 0.4) is 0 Å². The van der Waals surface area contributed by atoms with Crippen LogP contribution in [0.1, 0.15) is 36.3 Å². The van der Waals surface area contributed by atoms with Crippen LogP contribution in [0.2, 0.25) is 0 Å². The number of aryl methyl sites for hydroxylation is 2. The van der Waals surface area contributed by atoms with Crippen molar-refractivity contribution in [2.75, 3.05) is 7.11 Å². The molecule has 1 N–H and O–H groups in total. The van der Waals surface area contributed by atoms with Crippen LogP contribution in [0, 0.1) is 25.2 Å². The number of H-pyrrole nitrogens is 1. The maximum Gasteiger partial charge on any atom is 0.128 e. The predicted molar refractivity (Wildman–Crippen MR) is 78.7 cm³/mol. The Kier molecular flexibility index (Phi) is 4.09. The first-order valence-electron chi connectivity index (χ1n) is 6.71. The minimum absolute atomic E-state index is 0.196. The number of methoxy groups -OCH3 is 1. The SMILES string of the molecule is CCC(C#N)c1nc(-c2cc(C)ccc2OC)c(C)[nH]1. The first-order valence-corrected chi connectivity index (χ1v) is 6.71. The largest absolute Gasteiger partial charge is 0.496 e. The van der Waals surface area contributed by atoms with Crippen LogP contribution in [-0.4, -0.2) is 17.1 Å². The number of benzene rings is 1. The van der Waals surface area contributed by atoms with Crippen LogP contribution >= 0.6 is 0 Å². The first-order chi connectivity index (χ1) is 9.60. The number of aromatic nitrogens is 2. The van der Waals surface area contributed by atoms with E-state index < -0.39 is 0 Å². The zero-order chi connectivity index (χ0) is 14.7. The average Bonchev–Trinajstić information content (AvgIpc) is 2.82. The molecule has 1 aromatic heterocycles. The van der Waals surface area contributed by atoms with Gasteiger partial charge in [0, 0.05) is 11.3 Å². The quantitative estimate of drug-likeness (QED) is 0.920. The van der Waals surface area contributed by atoms with Gasteiger partial charge in [0.05, 0.1) is 18.9 Å². The van der Waals surface area contributed by atoms with E-state index in [1.807, 2.05) is 32.9 Å². The first kappa shape index (κ1) is 14.1. The van der Waals surface area contributed by atoms with Gasteiger partial charge in [-0.05, 0) is 32.4 Å². The topological polar surface area (TPSA) is 61.7 Å². The average molecular weight is 269 g/mol. The molecule has 4 heteroatoms. The van der Waals surface area contributed by atoms with Crippen molar-refractivity contribution in [1.29, 1.82) is 5.26 Å². The summed E-state index contributed by atoms with van der Waals surface area (Å²) in [6.07, 6.45) is 0.744. The van der Waals surface area contributed by atoms with Gasteiger partial charge in [-0.15, -0.1) is 0 Å². The smallest absolute Gasteiger partial charge is 0.128 e. The summed E-state index contributed by atoms with van der Waals surface area (Å²) in [6.45, 7) is 5.99. The Balaban J connectivity index is 2.54. The number of nitrogens with one attached hydrogen (secondary N) is 1. The van der Waals surface area contributed by atoms with Gasteiger partial charge in [0.2, 0.25) is 0 Å². The molecule has 4 nitrogen and oxygen atoms in total. The van der Waals surface area contributed by atoms with E-state index in [1.54, 1.807) is 7.11 Å². The fourth-order valence-corrected chi connectivity index (χ4v) is 2.26. The Bertz CT molecular complexity index is 652. The van der Waals surface area contributed by atoms with Crippen molar-refractivity contribution in [1.82, 2.24) is 9.97 Å². The molecule has 0 aliphatic heterocycles. The lowest BCUT2D eigenvalue weighted by Crippen LogP contribution is -1.96. The second-order valence-electron chi connectivity index (χ2n) is 4.89. The van der Waals surface area contributed by atoms with Crippen LogP contribution < -0.4 is 4.74 Å². The van der Waals surface area contributed by atoms with E-state index >= 15 is 0 Å². The molecule has 0 aliphatic rings. The van der Waals surface area contributed by atoms with Crippen LogP contribution in [-0.2, 0) is 0 Å². The summed E-state index contributed by atoms with van der Waals surface area (Å²) in [4.78, 5) is 7.84. The monoisotopic (exact) mass is 269 g/mol. The van der Waals surface area contributed by atoms with Crippen molar-refractivity contribution in [3.8, 4) is 23.1 Å². The maximum atomic E-state index is 9.16. The Morgan fingerprint density at radius 3 is 2.75 bits per heavy atom. The van der Waals surface area contributed by atoms with Crippen molar-refractivity contribution >= 4 is 0 Å². The zero-order valence-electron chi connectivity index (χ0n) is 12.3. The summed E-state index contributed by atoms with van der Waals surface area (Å²) in [6, 6.07) is 8.28. The molecule has 0 aliphatic carbocycles.